The molecule has 3 rings (SSSR count). The van der Waals surface area contributed by atoms with Crippen LogP contribution in [0.25, 0.3) is 0 Å². The van der Waals surface area contributed by atoms with Gasteiger partial charge in [0.2, 0.25) is 0 Å². The van der Waals surface area contributed by atoms with Crippen LogP contribution < -0.4 is 0 Å². The van der Waals surface area contributed by atoms with Crippen molar-refractivity contribution in [3.63, 3.8) is 0 Å². The van der Waals surface area contributed by atoms with Crippen LogP contribution in [-0.2, 0) is 17.6 Å². The molecule has 6 heteroatoms. The van der Waals surface area contributed by atoms with E-state index < -0.39 is 12.0 Å². The Kier molecular flexibility index (Phi) is 4.17. The summed E-state index contributed by atoms with van der Waals surface area (Å²) in [7, 11) is 0. The lowest BCUT2D eigenvalue weighted by molar-refractivity contribution is -0.143. The molecule has 0 aliphatic carbocycles. The van der Waals surface area contributed by atoms with Crippen LogP contribution >= 0.6 is 11.3 Å². The Morgan fingerprint density at radius 2 is 2.13 bits per heavy atom. The quantitative estimate of drug-likeness (QED) is 0.939. The normalized spacial score (nSPS) is 17.0. The maximum Gasteiger partial charge on any atom is 0.331 e. The van der Waals surface area contributed by atoms with E-state index in [4.69, 9.17) is 0 Å². The van der Waals surface area contributed by atoms with Crippen LogP contribution in [-0.4, -0.2) is 33.4 Å². The maximum atomic E-state index is 12.9. The summed E-state index contributed by atoms with van der Waals surface area (Å²) in [5.41, 5.74) is 2.39. The molecule has 1 aliphatic rings. The minimum absolute atomic E-state index is 0.235. The third-order valence-electron chi connectivity index (χ3n) is 4.12. The summed E-state index contributed by atoms with van der Waals surface area (Å²) in [6.07, 6.45) is 1.44. The van der Waals surface area contributed by atoms with Gasteiger partial charge in [0.15, 0.2) is 6.04 Å². The molecule has 1 amide bonds. The van der Waals surface area contributed by atoms with Crippen LogP contribution in [0.15, 0.2) is 24.3 Å². The number of nitrogens with zero attached hydrogens (tertiary/aromatic N) is 2. The van der Waals surface area contributed by atoms with E-state index in [2.05, 4.69) is 4.98 Å². The largest absolute Gasteiger partial charge is 0.479 e. The number of carbonyl (C=O) groups excluding carboxylic acids is 1. The minimum Gasteiger partial charge on any atom is -0.479 e. The van der Waals surface area contributed by atoms with E-state index in [-0.39, 0.29) is 5.91 Å². The summed E-state index contributed by atoms with van der Waals surface area (Å²) in [5.74, 6) is -1.23. The van der Waals surface area contributed by atoms with Gasteiger partial charge in [-0.1, -0.05) is 31.2 Å². The fraction of sp³-hybridized carbons (Fsp3) is 0.353. The number of carboxylic acids is 1. The number of aryl methyl sites for hydroxylation is 2. The molecule has 2 heterocycles. The maximum absolute atomic E-state index is 12.9. The smallest absolute Gasteiger partial charge is 0.331 e. The summed E-state index contributed by atoms with van der Waals surface area (Å²) in [6, 6.07) is 6.51. The number of aliphatic carboxylic acids is 1. The lowest BCUT2D eigenvalue weighted by Gasteiger charge is -2.34. The van der Waals surface area contributed by atoms with Crippen molar-refractivity contribution < 1.29 is 14.7 Å². The van der Waals surface area contributed by atoms with Crippen LogP contribution in [0.2, 0.25) is 0 Å². The first-order valence-electron chi connectivity index (χ1n) is 7.60. The SMILES string of the molecule is CCc1nc(C)c(C(=O)N2CCc3ccccc3C2C(=O)O)s1. The Hall–Kier alpha value is -2.21. The average Bonchev–Trinajstić information content (AvgIpc) is 2.93. The molecule has 0 bridgehead atoms. The number of rotatable bonds is 3. The third kappa shape index (κ3) is 2.74. The average molecular weight is 330 g/mol. The Balaban J connectivity index is 2.00. The highest BCUT2D eigenvalue weighted by Gasteiger charge is 2.37. The standard InChI is InChI=1S/C17H18N2O3S/c1-3-13-18-10(2)15(23-13)16(20)19-9-8-11-6-4-5-7-12(11)14(19)17(21)22/h4-7,14H,3,8-9H2,1-2H3,(H,21,22). The van der Waals surface area contributed by atoms with E-state index in [0.717, 1.165) is 17.0 Å². The molecule has 1 atom stereocenters. The fourth-order valence-electron chi connectivity index (χ4n) is 2.98. The Morgan fingerprint density at radius 1 is 1.39 bits per heavy atom. The van der Waals surface area contributed by atoms with E-state index in [1.165, 1.54) is 16.2 Å². The monoisotopic (exact) mass is 330 g/mol. The first kappa shape index (κ1) is 15.7. The van der Waals surface area contributed by atoms with Crippen molar-refractivity contribution in [3.8, 4) is 0 Å². The molecular formula is C17H18N2O3S. The summed E-state index contributed by atoms with van der Waals surface area (Å²) < 4.78 is 0. The second kappa shape index (κ2) is 6.12. The molecule has 0 spiro atoms. The van der Waals surface area contributed by atoms with Crippen molar-refractivity contribution in [2.45, 2.75) is 32.7 Å². The van der Waals surface area contributed by atoms with Crippen LogP contribution in [0.5, 0.6) is 0 Å². The van der Waals surface area contributed by atoms with Gasteiger partial charge < -0.3 is 10.0 Å². The van der Waals surface area contributed by atoms with E-state index >= 15 is 0 Å². The summed E-state index contributed by atoms with van der Waals surface area (Å²) >= 11 is 1.36. The van der Waals surface area contributed by atoms with Crippen molar-refractivity contribution in [2.24, 2.45) is 0 Å². The molecule has 0 radical (unpaired) electrons. The Bertz CT molecular complexity index is 769. The second-order valence-electron chi connectivity index (χ2n) is 5.56. The Labute approximate surface area is 138 Å². The molecule has 5 nitrogen and oxygen atoms in total. The molecule has 1 aromatic heterocycles. The van der Waals surface area contributed by atoms with Gasteiger partial charge in [0.05, 0.1) is 10.7 Å². The van der Waals surface area contributed by atoms with Crippen LogP contribution in [0.1, 0.15) is 44.5 Å². The summed E-state index contributed by atoms with van der Waals surface area (Å²) in [4.78, 5) is 31.1. The van der Waals surface area contributed by atoms with Crippen molar-refractivity contribution >= 4 is 23.2 Å². The van der Waals surface area contributed by atoms with Gasteiger partial charge in [0.1, 0.15) is 4.88 Å². The molecule has 0 saturated carbocycles. The van der Waals surface area contributed by atoms with Gasteiger partial charge in [-0.2, -0.15) is 0 Å². The molecule has 23 heavy (non-hydrogen) atoms. The zero-order valence-electron chi connectivity index (χ0n) is 13.1. The van der Waals surface area contributed by atoms with E-state index in [1.54, 1.807) is 13.0 Å². The summed E-state index contributed by atoms with van der Waals surface area (Å²) in [6.45, 7) is 4.20. The summed E-state index contributed by atoms with van der Waals surface area (Å²) in [5, 5.41) is 10.6. The number of aromatic nitrogens is 1. The zero-order valence-corrected chi connectivity index (χ0v) is 13.9. The Morgan fingerprint density at radius 3 is 2.78 bits per heavy atom. The van der Waals surface area contributed by atoms with Crippen molar-refractivity contribution in [1.29, 1.82) is 0 Å². The minimum atomic E-state index is -0.997. The second-order valence-corrected chi connectivity index (χ2v) is 6.65. The number of carbonyl (C=O) groups is 2. The van der Waals surface area contributed by atoms with Gasteiger partial charge in [-0.05, 0) is 30.9 Å². The zero-order chi connectivity index (χ0) is 16.6. The fourth-order valence-corrected chi connectivity index (χ4v) is 3.94. The van der Waals surface area contributed by atoms with Gasteiger partial charge in [-0.25, -0.2) is 9.78 Å². The third-order valence-corrected chi connectivity index (χ3v) is 5.41. The topological polar surface area (TPSA) is 70.5 Å². The number of carboxylic acid groups (broad SMARTS) is 1. The number of hydrogen-bond acceptors (Lipinski definition) is 4. The van der Waals surface area contributed by atoms with Crippen molar-refractivity contribution in [2.75, 3.05) is 6.54 Å². The van der Waals surface area contributed by atoms with Gasteiger partial charge in [-0.3, -0.25) is 4.79 Å². The number of benzene rings is 1. The lowest BCUT2D eigenvalue weighted by Crippen LogP contribution is -2.43. The predicted molar refractivity (Wildman–Crippen MR) is 87.8 cm³/mol. The molecule has 1 N–H and O–H groups in total. The highest BCUT2D eigenvalue weighted by atomic mass is 32.1. The van der Waals surface area contributed by atoms with Crippen LogP contribution in [0.4, 0.5) is 0 Å². The van der Waals surface area contributed by atoms with E-state index in [1.807, 2.05) is 25.1 Å². The van der Waals surface area contributed by atoms with Crippen molar-refractivity contribution in [1.82, 2.24) is 9.88 Å². The highest BCUT2D eigenvalue weighted by molar-refractivity contribution is 7.13. The predicted octanol–water partition coefficient (Wildman–Crippen LogP) is 2.84. The number of hydrogen-bond donors (Lipinski definition) is 1. The molecule has 0 fully saturated rings. The van der Waals surface area contributed by atoms with Gasteiger partial charge in [0, 0.05) is 6.54 Å². The van der Waals surface area contributed by atoms with E-state index in [0.29, 0.717) is 29.1 Å². The van der Waals surface area contributed by atoms with E-state index in [9.17, 15) is 14.7 Å². The molecule has 1 aromatic carbocycles. The van der Waals surface area contributed by atoms with Gasteiger partial charge in [0.25, 0.3) is 5.91 Å². The highest BCUT2D eigenvalue weighted by Crippen LogP contribution is 2.32. The van der Waals surface area contributed by atoms with Gasteiger partial charge in [-0.15, -0.1) is 11.3 Å². The molecular weight excluding hydrogens is 312 g/mol. The first-order chi connectivity index (χ1) is 11.0. The first-order valence-corrected chi connectivity index (χ1v) is 8.42. The van der Waals surface area contributed by atoms with Crippen LogP contribution in [0.3, 0.4) is 0 Å². The van der Waals surface area contributed by atoms with Gasteiger partial charge >= 0.3 is 5.97 Å². The number of thiazole rings is 1. The molecule has 1 unspecified atom stereocenters. The molecule has 2 aromatic rings. The number of fused-ring (bicyclic) bond motifs is 1. The lowest BCUT2D eigenvalue weighted by atomic mass is 9.92. The molecule has 1 aliphatic heterocycles. The number of amides is 1. The molecule has 120 valence electrons. The molecule has 0 saturated heterocycles. The van der Waals surface area contributed by atoms with Crippen molar-refractivity contribution in [3.05, 3.63) is 51.0 Å². The van der Waals surface area contributed by atoms with Crippen LogP contribution in [0, 0.1) is 6.92 Å².